The van der Waals surface area contributed by atoms with Crippen LogP contribution in [0.4, 0.5) is 0 Å². The van der Waals surface area contributed by atoms with Gasteiger partial charge in [-0.3, -0.25) is 4.79 Å². The van der Waals surface area contributed by atoms with Crippen LogP contribution in [0.3, 0.4) is 0 Å². The number of thioether (sulfide) groups is 1. The van der Waals surface area contributed by atoms with Crippen LogP contribution < -0.4 is 0 Å². The first-order valence-electron chi connectivity index (χ1n) is 9.09. The number of pyridine rings is 1. The van der Waals surface area contributed by atoms with Gasteiger partial charge in [-0.2, -0.15) is 0 Å². The minimum Gasteiger partial charge on any atom is -0.388 e. The lowest BCUT2D eigenvalue weighted by molar-refractivity contribution is -0.169. The lowest BCUT2D eigenvalue weighted by Gasteiger charge is -2.42. The lowest BCUT2D eigenvalue weighted by Crippen LogP contribution is -2.53. The highest BCUT2D eigenvalue weighted by Gasteiger charge is 2.51. The van der Waals surface area contributed by atoms with Crippen LogP contribution in [0.25, 0.3) is 0 Å². The van der Waals surface area contributed by atoms with Crippen LogP contribution in [0, 0.1) is 5.92 Å². The highest BCUT2D eigenvalue weighted by molar-refractivity contribution is 8.00. The van der Waals surface area contributed by atoms with Gasteiger partial charge in [0.25, 0.3) is 5.91 Å². The maximum Gasteiger partial charge on any atom is 0.273 e. The Bertz CT molecular complexity index is 719. The molecule has 4 heterocycles. The summed E-state index contributed by atoms with van der Waals surface area (Å²) in [5, 5.41) is 10.6. The van der Waals surface area contributed by atoms with Crippen molar-refractivity contribution >= 4 is 29.3 Å². The summed E-state index contributed by atoms with van der Waals surface area (Å²) >= 11 is 7.51. The normalized spacial score (nSPS) is 35.6. The molecule has 27 heavy (non-hydrogen) atoms. The van der Waals surface area contributed by atoms with E-state index in [2.05, 4.69) is 4.98 Å². The van der Waals surface area contributed by atoms with Crippen molar-refractivity contribution in [3.05, 3.63) is 23.0 Å². The summed E-state index contributed by atoms with van der Waals surface area (Å²) in [4.78, 5) is 19.4. The van der Waals surface area contributed by atoms with Crippen LogP contribution >= 0.6 is 23.4 Å². The van der Waals surface area contributed by atoms with Gasteiger partial charge < -0.3 is 24.2 Å². The van der Waals surface area contributed by atoms with E-state index >= 15 is 0 Å². The van der Waals surface area contributed by atoms with Crippen LogP contribution in [0.1, 0.15) is 23.8 Å². The third-order valence-electron chi connectivity index (χ3n) is 5.44. The number of ether oxygens (including phenoxy) is 3. The Morgan fingerprint density at radius 2 is 2.22 bits per heavy atom. The van der Waals surface area contributed by atoms with Crippen LogP contribution in [0.5, 0.6) is 0 Å². The van der Waals surface area contributed by atoms with Gasteiger partial charge in [0, 0.05) is 37.2 Å². The minimum absolute atomic E-state index is 0.0325. The second kappa shape index (κ2) is 7.85. The maximum absolute atomic E-state index is 12.7. The molecular formula is C18H23ClN2O5S. The van der Waals surface area contributed by atoms with E-state index < -0.39 is 17.6 Å². The van der Waals surface area contributed by atoms with E-state index in [1.165, 1.54) is 18.0 Å². The predicted molar refractivity (Wildman–Crippen MR) is 100.0 cm³/mol. The van der Waals surface area contributed by atoms with Gasteiger partial charge in [0.15, 0.2) is 0 Å². The molecule has 0 aliphatic carbocycles. The first-order valence-corrected chi connectivity index (χ1v) is 10.3. The summed E-state index contributed by atoms with van der Waals surface area (Å²) < 4.78 is 17.5. The molecule has 148 valence electrons. The molecular weight excluding hydrogens is 392 g/mol. The smallest absolute Gasteiger partial charge is 0.273 e. The summed E-state index contributed by atoms with van der Waals surface area (Å²) in [6.07, 6.45) is 0.955. The number of methoxy groups -OCH3 is 1. The summed E-state index contributed by atoms with van der Waals surface area (Å²) in [6.45, 7) is 3.78. The molecule has 3 aliphatic heterocycles. The Hall–Kier alpha value is -0.900. The van der Waals surface area contributed by atoms with Gasteiger partial charge in [0.05, 0.1) is 23.8 Å². The van der Waals surface area contributed by atoms with Crippen molar-refractivity contribution in [2.24, 2.45) is 5.92 Å². The molecule has 3 fully saturated rings. The van der Waals surface area contributed by atoms with E-state index in [0.29, 0.717) is 15.6 Å². The number of fused-ring (bicyclic) bond motifs is 1. The molecule has 1 aromatic rings. The van der Waals surface area contributed by atoms with Gasteiger partial charge in [0.1, 0.15) is 23.3 Å². The molecule has 1 amide bonds. The van der Waals surface area contributed by atoms with E-state index in [9.17, 15) is 9.90 Å². The number of aliphatic hydroxyl groups excluding tert-OH is 1. The number of hydrogen-bond acceptors (Lipinski definition) is 7. The molecule has 7 nitrogen and oxygen atoms in total. The Labute approximate surface area is 167 Å². The van der Waals surface area contributed by atoms with Crippen LogP contribution in [-0.2, 0) is 14.2 Å². The van der Waals surface area contributed by atoms with E-state index in [-0.39, 0.29) is 30.6 Å². The fraction of sp³-hybridized carbons (Fsp3) is 0.667. The number of amides is 1. The average molecular weight is 415 g/mol. The standard InChI is InChI=1S/C18H23ClN2O5S/c1-9-14-16(11(22)8-25-14)26-18(15(9)24-2)27-12-6-10(19)7-20-13(12)17(23)21-4-3-5-21/h6-7,9,11,14-16,18,22H,3-5,8H2,1-2H3/t9?,11?,14-,15?,16?,18-/m1/s1. The first kappa shape index (κ1) is 19.4. The molecule has 3 saturated heterocycles. The van der Waals surface area contributed by atoms with E-state index in [4.69, 9.17) is 25.8 Å². The van der Waals surface area contributed by atoms with Gasteiger partial charge in [-0.1, -0.05) is 30.3 Å². The quantitative estimate of drug-likeness (QED) is 0.804. The number of aromatic nitrogens is 1. The summed E-state index contributed by atoms with van der Waals surface area (Å²) in [6, 6.07) is 1.74. The summed E-state index contributed by atoms with van der Waals surface area (Å²) in [5.74, 6) is -0.0644. The number of likely N-dealkylation sites (tertiary alicyclic amines) is 1. The van der Waals surface area contributed by atoms with Crippen molar-refractivity contribution in [3.63, 3.8) is 0 Å². The van der Waals surface area contributed by atoms with E-state index in [1.807, 2.05) is 6.92 Å². The van der Waals surface area contributed by atoms with Crippen molar-refractivity contribution in [2.75, 3.05) is 26.8 Å². The SMILES string of the molecule is COC1C(C)[C@H]2OCC(O)C2O[C@@H]1Sc1cc(Cl)cnc1C(=O)N1CCC1. The van der Waals surface area contributed by atoms with Gasteiger partial charge in [-0.05, 0) is 12.5 Å². The molecule has 0 aromatic carbocycles. The Balaban J connectivity index is 1.60. The van der Waals surface area contributed by atoms with Crippen molar-refractivity contribution in [2.45, 2.75) is 48.1 Å². The van der Waals surface area contributed by atoms with Crippen LogP contribution in [0.15, 0.2) is 17.2 Å². The molecule has 3 aliphatic rings. The van der Waals surface area contributed by atoms with Crippen molar-refractivity contribution in [3.8, 4) is 0 Å². The number of carbonyl (C=O) groups is 1. The zero-order valence-corrected chi connectivity index (χ0v) is 16.8. The largest absolute Gasteiger partial charge is 0.388 e. The fourth-order valence-corrected chi connectivity index (χ4v) is 5.39. The Morgan fingerprint density at radius 3 is 2.89 bits per heavy atom. The molecule has 0 radical (unpaired) electrons. The topological polar surface area (TPSA) is 81.1 Å². The third kappa shape index (κ3) is 3.59. The molecule has 0 spiro atoms. The number of hydrogen-bond donors (Lipinski definition) is 1. The predicted octanol–water partition coefficient (Wildman–Crippen LogP) is 1.81. The zero-order valence-electron chi connectivity index (χ0n) is 15.2. The van der Waals surface area contributed by atoms with Gasteiger partial charge >= 0.3 is 0 Å². The van der Waals surface area contributed by atoms with Crippen molar-refractivity contribution < 1.29 is 24.1 Å². The van der Waals surface area contributed by atoms with Crippen molar-refractivity contribution in [1.82, 2.24) is 9.88 Å². The highest BCUT2D eigenvalue weighted by atomic mass is 35.5. The number of rotatable bonds is 4. The van der Waals surface area contributed by atoms with Crippen molar-refractivity contribution in [1.29, 1.82) is 0 Å². The molecule has 0 bridgehead atoms. The second-order valence-electron chi connectivity index (χ2n) is 7.16. The number of aliphatic hydroxyl groups is 1. The molecule has 4 rings (SSSR count). The number of carbonyl (C=O) groups excluding carboxylic acids is 1. The first-order chi connectivity index (χ1) is 13.0. The number of nitrogens with zero attached hydrogens (tertiary/aromatic N) is 2. The van der Waals surface area contributed by atoms with E-state index in [0.717, 1.165) is 19.5 Å². The van der Waals surface area contributed by atoms with Crippen LogP contribution in [0.2, 0.25) is 5.02 Å². The van der Waals surface area contributed by atoms with Gasteiger partial charge in [0.2, 0.25) is 0 Å². The summed E-state index contributed by atoms with van der Waals surface area (Å²) in [5.41, 5.74) is -0.0358. The van der Waals surface area contributed by atoms with Gasteiger partial charge in [-0.25, -0.2) is 4.98 Å². The molecule has 9 heteroatoms. The fourth-order valence-electron chi connectivity index (χ4n) is 3.79. The summed E-state index contributed by atoms with van der Waals surface area (Å²) in [7, 11) is 1.63. The lowest BCUT2D eigenvalue weighted by atomic mass is 9.91. The molecule has 4 unspecified atom stereocenters. The second-order valence-corrected chi connectivity index (χ2v) is 8.73. The molecule has 1 N–H and O–H groups in total. The Morgan fingerprint density at radius 1 is 1.44 bits per heavy atom. The van der Waals surface area contributed by atoms with Crippen LogP contribution in [-0.4, -0.2) is 77.6 Å². The Kier molecular flexibility index (Phi) is 5.64. The average Bonchev–Trinajstić information content (AvgIpc) is 2.95. The van der Waals surface area contributed by atoms with E-state index in [1.54, 1.807) is 18.1 Å². The highest BCUT2D eigenvalue weighted by Crippen LogP contribution is 2.42. The maximum atomic E-state index is 12.7. The third-order valence-corrected chi connectivity index (χ3v) is 6.82. The number of halogens is 1. The molecule has 6 atom stereocenters. The minimum atomic E-state index is -0.668. The monoisotopic (exact) mass is 414 g/mol. The molecule has 0 saturated carbocycles. The molecule has 1 aromatic heterocycles. The van der Waals surface area contributed by atoms with Gasteiger partial charge in [-0.15, -0.1) is 0 Å². The zero-order chi connectivity index (χ0) is 19.1.